The maximum atomic E-state index is 10.6. The molecule has 2 rings (SSSR count). The zero-order chi connectivity index (χ0) is 9.97. The minimum Gasteiger partial charge on any atom is -0.491 e. The largest absolute Gasteiger partial charge is 0.491 e. The fourth-order valence-electron chi connectivity index (χ4n) is 1.30. The van der Waals surface area contributed by atoms with Gasteiger partial charge in [0.1, 0.15) is 5.76 Å². The molecule has 2 N–H and O–H groups in total. The fraction of sp³-hybridized carbons (Fsp3) is 0.500. The Labute approximate surface area is 83.0 Å². The van der Waals surface area contributed by atoms with Crippen molar-refractivity contribution in [3.8, 4) is 0 Å². The quantitative estimate of drug-likeness (QED) is 0.631. The van der Waals surface area contributed by atoms with Crippen molar-refractivity contribution in [2.45, 2.75) is 25.1 Å². The zero-order valence-corrected chi connectivity index (χ0v) is 8.12. The molecule has 1 heterocycles. The van der Waals surface area contributed by atoms with E-state index in [-0.39, 0.29) is 6.17 Å². The van der Waals surface area contributed by atoms with Gasteiger partial charge < -0.3 is 10.1 Å². The molecule has 4 nitrogen and oxygen atoms in total. The topological polar surface area (TPSA) is 50.4 Å². The second kappa shape index (κ2) is 3.84. The molecule has 1 atom stereocenters. The van der Waals surface area contributed by atoms with Crippen molar-refractivity contribution < 1.29 is 9.53 Å². The number of nitrogens with one attached hydrogen (secondary N) is 2. The Morgan fingerprint density at radius 2 is 2.43 bits per heavy atom. The van der Waals surface area contributed by atoms with Crippen LogP contribution in [0.1, 0.15) is 12.8 Å². The van der Waals surface area contributed by atoms with Crippen molar-refractivity contribution in [2.24, 2.45) is 0 Å². The summed E-state index contributed by atoms with van der Waals surface area (Å²) in [5, 5.41) is 6.03. The Hall–Kier alpha value is -1.29. The minimum absolute atomic E-state index is 0.0195. The molecular weight excluding hydrogens is 180 g/mol. The first kappa shape index (κ1) is 9.27. The van der Waals surface area contributed by atoms with E-state index in [0.29, 0.717) is 11.8 Å². The Morgan fingerprint density at radius 1 is 1.64 bits per heavy atom. The molecule has 1 unspecified atom stereocenters. The highest BCUT2D eigenvalue weighted by Gasteiger charge is 2.25. The van der Waals surface area contributed by atoms with Crippen LogP contribution in [0.4, 0.5) is 0 Å². The SMILES string of the molecule is CNC1C=C(OC2CC2)C=C(C=O)N1. The van der Waals surface area contributed by atoms with E-state index in [4.69, 9.17) is 4.74 Å². The summed E-state index contributed by atoms with van der Waals surface area (Å²) >= 11 is 0. The molecule has 0 amide bonds. The molecule has 76 valence electrons. The number of allylic oxidation sites excluding steroid dienone is 2. The van der Waals surface area contributed by atoms with Crippen LogP contribution in [0.2, 0.25) is 0 Å². The standard InChI is InChI=1S/C10H14N2O2/c1-11-10-5-9(14-8-2-3-8)4-7(6-13)12-10/h4-6,8,10-12H,2-3H2,1H3. The molecule has 0 spiro atoms. The highest BCUT2D eigenvalue weighted by molar-refractivity contribution is 5.73. The van der Waals surface area contributed by atoms with Gasteiger partial charge in [0.05, 0.1) is 18.0 Å². The molecule has 0 aromatic rings. The molecule has 1 aliphatic heterocycles. The monoisotopic (exact) mass is 194 g/mol. The molecule has 1 saturated carbocycles. The third-order valence-corrected chi connectivity index (χ3v) is 2.22. The molecule has 0 aromatic heterocycles. The van der Waals surface area contributed by atoms with Crippen molar-refractivity contribution in [3.05, 3.63) is 23.6 Å². The van der Waals surface area contributed by atoms with Gasteiger partial charge in [0.15, 0.2) is 6.29 Å². The lowest BCUT2D eigenvalue weighted by Crippen LogP contribution is -2.40. The van der Waals surface area contributed by atoms with Gasteiger partial charge in [-0.25, -0.2) is 0 Å². The first-order valence-electron chi connectivity index (χ1n) is 4.81. The number of ether oxygens (including phenoxy) is 1. The summed E-state index contributed by atoms with van der Waals surface area (Å²) < 4.78 is 5.61. The van der Waals surface area contributed by atoms with Gasteiger partial charge in [-0.2, -0.15) is 0 Å². The van der Waals surface area contributed by atoms with Gasteiger partial charge in [-0.05, 0) is 26.0 Å². The number of hydrogen-bond acceptors (Lipinski definition) is 4. The van der Waals surface area contributed by atoms with Gasteiger partial charge >= 0.3 is 0 Å². The maximum Gasteiger partial charge on any atom is 0.166 e. The number of likely N-dealkylation sites (N-methyl/N-ethyl adjacent to an activating group) is 1. The van der Waals surface area contributed by atoms with Gasteiger partial charge in [-0.3, -0.25) is 10.1 Å². The van der Waals surface area contributed by atoms with Crippen LogP contribution in [0.3, 0.4) is 0 Å². The fourth-order valence-corrected chi connectivity index (χ4v) is 1.30. The Kier molecular flexibility index (Phi) is 2.54. The van der Waals surface area contributed by atoms with E-state index in [9.17, 15) is 4.79 Å². The summed E-state index contributed by atoms with van der Waals surface area (Å²) in [6.45, 7) is 0. The molecule has 14 heavy (non-hydrogen) atoms. The van der Waals surface area contributed by atoms with Crippen LogP contribution in [0.5, 0.6) is 0 Å². The van der Waals surface area contributed by atoms with Crippen molar-refractivity contribution in [3.63, 3.8) is 0 Å². The second-order valence-corrected chi connectivity index (χ2v) is 3.51. The number of carbonyl (C=O) groups is 1. The predicted molar refractivity (Wildman–Crippen MR) is 52.3 cm³/mol. The molecule has 1 fully saturated rings. The maximum absolute atomic E-state index is 10.6. The van der Waals surface area contributed by atoms with Crippen molar-refractivity contribution >= 4 is 6.29 Å². The summed E-state index contributed by atoms with van der Waals surface area (Å²) in [5.74, 6) is 0.785. The van der Waals surface area contributed by atoms with Crippen LogP contribution >= 0.6 is 0 Å². The van der Waals surface area contributed by atoms with Gasteiger partial charge in [-0.15, -0.1) is 0 Å². The van der Waals surface area contributed by atoms with Crippen LogP contribution in [0.25, 0.3) is 0 Å². The van der Waals surface area contributed by atoms with Gasteiger partial charge in [0.25, 0.3) is 0 Å². The van der Waals surface area contributed by atoms with Crippen molar-refractivity contribution in [1.29, 1.82) is 0 Å². The molecule has 0 bridgehead atoms. The van der Waals surface area contributed by atoms with Gasteiger partial charge in [0, 0.05) is 6.08 Å². The van der Waals surface area contributed by atoms with Crippen LogP contribution in [0.15, 0.2) is 23.6 Å². The average Bonchev–Trinajstić information content (AvgIpc) is 3.01. The van der Waals surface area contributed by atoms with Crippen LogP contribution < -0.4 is 10.6 Å². The number of hydrogen-bond donors (Lipinski definition) is 2. The highest BCUT2D eigenvalue weighted by Crippen LogP contribution is 2.27. The van der Waals surface area contributed by atoms with E-state index < -0.39 is 0 Å². The normalized spacial score (nSPS) is 25.9. The van der Waals surface area contributed by atoms with E-state index in [1.165, 1.54) is 0 Å². The van der Waals surface area contributed by atoms with Crippen LogP contribution in [0, 0.1) is 0 Å². The summed E-state index contributed by atoms with van der Waals surface area (Å²) in [7, 11) is 1.83. The van der Waals surface area contributed by atoms with E-state index in [0.717, 1.165) is 24.9 Å². The average molecular weight is 194 g/mol. The van der Waals surface area contributed by atoms with Crippen molar-refractivity contribution in [1.82, 2.24) is 10.6 Å². The van der Waals surface area contributed by atoms with Crippen molar-refractivity contribution in [2.75, 3.05) is 7.05 Å². The van der Waals surface area contributed by atoms with E-state index >= 15 is 0 Å². The Balaban J connectivity index is 2.06. The second-order valence-electron chi connectivity index (χ2n) is 3.51. The first-order valence-corrected chi connectivity index (χ1v) is 4.81. The lowest BCUT2D eigenvalue weighted by molar-refractivity contribution is -0.105. The van der Waals surface area contributed by atoms with Gasteiger partial charge in [-0.1, -0.05) is 0 Å². The predicted octanol–water partition coefficient (Wildman–Crippen LogP) is 0.281. The van der Waals surface area contributed by atoms with Crippen LogP contribution in [-0.2, 0) is 9.53 Å². The minimum atomic E-state index is -0.0195. The summed E-state index contributed by atoms with van der Waals surface area (Å²) in [6, 6.07) is 0. The molecule has 0 radical (unpaired) electrons. The molecule has 1 aliphatic carbocycles. The number of carbonyl (C=O) groups excluding carboxylic acids is 1. The third-order valence-electron chi connectivity index (χ3n) is 2.22. The molecule has 4 heteroatoms. The first-order chi connectivity index (χ1) is 6.81. The smallest absolute Gasteiger partial charge is 0.166 e. The summed E-state index contributed by atoms with van der Waals surface area (Å²) in [6.07, 6.45) is 7.06. The molecule has 0 saturated heterocycles. The van der Waals surface area contributed by atoms with Crippen LogP contribution in [-0.4, -0.2) is 25.6 Å². The number of aldehydes is 1. The molecular formula is C10H14N2O2. The number of rotatable bonds is 4. The van der Waals surface area contributed by atoms with E-state index in [1.807, 2.05) is 13.1 Å². The molecule has 0 aromatic carbocycles. The summed E-state index contributed by atoms with van der Waals surface area (Å²) in [4.78, 5) is 10.6. The summed E-state index contributed by atoms with van der Waals surface area (Å²) in [5.41, 5.74) is 0.558. The van der Waals surface area contributed by atoms with E-state index in [1.54, 1.807) is 6.08 Å². The highest BCUT2D eigenvalue weighted by atomic mass is 16.5. The Bertz CT molecular complexity index is 292. The van der Waals surface area contributed by atoms with E-state index in [2.05, 4.69) is 10.6 Å². The Morgan fingerprint density at radius 3 is 3.00 bits per heavy atom. The lowest BCUT2D eigenvalue weighted by Gasteiger charge is -2.21. The lowest BCUT2D eigenvalue weighted by atomic mass is 10.2. The number of dihydropyridines is 1. The zero-order valence-electron chi connectivity index (χ0n) is 8.12. The molecule has 2 aliphatic rings. The van der Waals surface area contributed by atoms with Gasteiger partial charge in [0.2, 0.25) is 0 Å². The third kappa shape index (κ3) is 2.14.